The topological polar surface area (TPSA) is 158 Å². The van der Waals surface area contributed by atoms with Crippen LogP contribution in [0.2, 0.25) is 0 Å². The van der Waals surface area contributed by atoms with E-state index in [-0.39, 0.29) is 0 Å². The zero-order chi connectivity index (χ0) is 20.0. The highest BCUT2D eigenvalue weighted by atomic mass is 16.7. The van der Waals surface area contributed by atoms with Gasteiger partial charge < -0.3 is 29.4 Å². The van der Waals surface area contributed by atoms with Gasteiger partial charge >= 0.3 is 23.9 Å². The molecule has 5 atom stereocenters. The van der Waals surface area contributed by atoms with E-state index in [1.807, 2.05) is 0 Å². The molecular weight excluding hydrogens is 354 g/mol. The Morgan fingerprint density at radius 1 is 0.769 bits per heavy atom. The van der Waals surface area contributed by atoms with Gasteiger partial charge in [-0.25, -0.2) is 0 Å². The molecule has 26 heavy (non-hydrogen) atoms. The van der Waals surface area contributed by atoms with E-state index in [0.717, 1.165) is 27.7 Å². The van der Waals surface area contributed by atoms with Gasteiger partial charge in [0.2, 0.25) is 0 Å². The molecule has 0 aromatic carbocycles. The van der Waals surface area contributed by atoms with E-state index < -0.39 is 66.9 Å². The molecule has 1 aliphatic rings. The third kappa shape index (κ3) is 5.99. The van der Waals surface area contributed by atoms with Crippen LogP contribution in [-0.4, -0.2) is 66.9 Å². The molecule has 0 spiro atoms. The number of rotatable bonds is 6. The Hall–Kier alpha value is -2.69. The zero-order valence-corrected chi connectivity index (χ0v) is 14.8. The van der Waals surface area contributed by atoms with Gasteiger partial charge in [0.25, 0.3) is 5.91 Å². The Balaban J connectivity index is 3.29. The number of amides is 1. The Morgan fingerprint density at radius 3 is 1.65 bits per heavy atom. The molecule has 1 heterocycles. The summed E-state index contributed by atoms with van der Waals surface area (Å²) >= 11 is 0. The van der Waals surface area contributed by atoms with Gasteiger partial charge in [-0.05, 0) is 0 Å². The molecule has 1 fully saturated rings. The van der Waals surface area contributed by atoms with Gasteiger partial charge in [-0.1, -0.05) is 0 Å². The summed E-state index contributed by atoms with van der Waals surface area (Å²) in [7, 11) is 0. The second kappa shape index (κ2) is 9.13. The van der Waals surface area contributed by atoms with Gasteiger partial charge in [-0.2, -0.15) is 0 Å². The van der Waals surface area contributed by atoms with Crippen LogP contribution in [0.1, 0.15) is 27.7 Å². The maximum Gasteiger partial charge on any atom is 0.303 e. The molecule has 0 unspecified atom stereocenters. The van der Waals surface area contributed by atoms with Crippen LogP contribution < -0.4 is 5.73 Å². The van der Waals surface area contributed by atoms with Crippen LogP contribution in [0.15, 0.2) is 0 Å². The van der Waals surface area contributed by atoms with Gasteiger partial charge in [0.05, 0.1) is 0 Å². The average Bonchev–Trinajstić information content (AvgIpc) is 2.47. The summed E-state index contributed by atoms with van der Waals surface area (Å²) in [6.45, 7) is 3.96. The first-order valence-corrected chi connectivity index (χ1v) is 7.62. The van der Waals surface area contributed by atoms with Crippen molar-refractivity contribution in [2.75, 3.05) is 6.61 Å². The molecular formula is C15H21NO10. The number of carbonyl (C=O) groups is 5. The van der Waals surface area contributed by atoms with E-state index in [1.54, 1.807) is 0 Å². The van der Waals surface area contributed by atoms with Crippen LogP contribution in [0, 0.1) is 0 Å². The number of ether oxygens (including phenoxy) is 5. The molecule has 146 valence electrons. The highest BCUT2D eigenvalue weighted by Gasteiger charge is 2.53. The maximum absolute atomic E-state index is 11.7. The summed E-state index contributed by atoms with van der Waals surface area (Å²) in [4.78, 5) is 57.1. The molecule has 1 saturated heterocycles. The highest BCUT2D eigenvalue weighted by Crippen LogP contribution is 2.29. The maximum atomic E-state index is 11.7. The summed E-state index contributed by atoms with van der Waals surface area (Å²) in [5, 5.41) is 0. The van der Waals surface area contributed by atoms with E-state index >= 15 is 0 Å². The van der Waals surface area contributed by atoms with E-state index in [0.29, 0.717) is 0 Å². The Kier molecular flexibility index (Phi) is 7.50. The Labute approximate surface area is 149 Å². The second-order valence-electron chi connectivity index (χ2n) is 5.52. The van der Waals surface area contributed by atoms with Crippen molar-refractivity contribution in [2.24, 2.45) is 5.73 Å². The lowest BCUT2D eigenvalue weighted by Crippen LogP contribution is -2.65. The third-order valence-corrected chi connectivity index (χ3v) is 3.27. The minimum absolute atomic E-state index is 0.415. The van der Waals surface area contributed by atoms with Crippen molar-refractivity contribution in [1.29, 1.82) is 0 Å². The van der Waals surface area contributed by atoms with E-state index in [2.05, 4.69) is 0 Å². The van der Waals surface area contributed by atoms with Crippen LogP contribution in [0.3, 0.4) is 0 Å². The number of primary amides is 1. The first-order valence-electron chi connectivity index (χ1n) is 7.62. The van der Waals surface area contributed by atoms with Crippen LogP contribution in [0.5, 0.6) is 0 Å². The lowest BCUT2D eigenvalue weighted by molar-refractivity contribution is -0.248. The fraction of sp³-hybridized carbons (Fsp3) is 0.667. The van der Waals surface area contributed by atoms with Gasteiger partial charge in [0.1, 0.15) is 12.7 Å². The van der Waals surface area contributed by atoms with Gasteiger partial charge in [0.15, 0.2) is 24.4 Å². The summed E-state index contributed by atoms with van der Waals surface area (Å²) in [6, 6.07) is 0. The van der Waals surface area contributed by atoms with Crippen molar-refractivity contribution >= 4 is 29.8 Å². The standard InChI is InChI=1S/C15H21NO10/c1-6(17)22-5-10-11(23-7(2)18)12(24-8(3)19)13(25-9(4)20)14(26-10)15(16)21/h10-14H,5H2,1-4H3,(H2,16,21)/t10-,11+,12+,13+,14-/m1/s1. The molecule has 0 aromatic heterocycles. The molecule has 2 N–H and O–H groups in total. The van der Waals surface area contributed by atoms with Crippen molar-refractivity contribution in [3.63, 3.8) is 0 Å². The molecule has 1 rings (SSSR count). The monoisotopic (exact) mass is 375 g/mol. The lowest BCUT2D eigenvalue weighted by atomic mass is 9.93. The van der Waals surface area contributed by atoms with Crippen LogP contribution in [-0.2, 0) is 47.7 Å². The predicted octanol–water partition coefficient (Wildman–Crippen LogP) is -1.40. The third-order valence-electron chi connectivity index (χ3n) is 3.27. The summed E-state index contributed by atoms with van der Waals surface area (Å²) < 4.78 is 25.5. The summed E-state index contributed by atoms with van der Waals surface area (Å²) in [5.74, 6) is -4.02. The molecule has 11 nitrogen and oxygen atoms in total. The zero-order valence-electron chi connectivity index (χ0n) is 14.8. The minimum Gasteiger partial charge on any atom is -0.463 e. The quantitative estimate of drug-likeness (QED) is 0.432. The molecule has 0 aliphatic carbocycles. The van der Waals surface area contributed by atoms with Gasteiger partial charge in [-0.15, -0.1) is 0 Å². The van der Waals surface area contributed by atoms with Crippen molar-refractivity contribution in [2.45, 2.75) is 58.2 Å². The number of hydrogen-bond acceptors (Lipinski definition) is 10. The number of carbonyl (C=O) groups excluding carboxylic acids is 5. The second-order valence-corrected chi connectivity index (χ2v) is 5.52. The van der Waals surface area contributed by atoms with Crippen molar-refractivity contribution < 1.29 is 47.7 Å². The largest absolute Gasteiger partial charge is 0.463 e. The highest BCUT2D eigenvalue weighted by molar-refractivity contribution is 5.81. The lowest BCUT2D eigenvalue weighted by Gasteiger charge is -2.43. The molecule has 1 aliphatic heterocycles. The average molecular weight is 375 g/mol. The number of hydrogen-bond donors (Lipinski definition) is 1. The number of esters is 4. The van der Waals surface area contributed by atoms with Crippen molar-refractivity contribution in [1.82, 2.24) is 0 Å². The summed E-state index contributed by atoms with van der Waals surface area (Å²) in [5.41, 5.74) is 5.28. The molecule has 0 saturated carbocycles. The van der Waals surface area contributed by atoms with Crippen LogP contribution in [0.4, 0.5) is 0 Å². The fourth-order valence-electron chi connectivity index (χ4n) is 2.46. The number of nitrogens with two attached hydrogens (primary N) is 1. The van der Waals surface area contributed by atoms with Crippen LogP contribution >= 0.6 is 0 Å². The normalized spacial score (nSPS) is 27.8. The Bertz CT molecular complexity index is 589. The van der Waals surface area contributed by atoms with Crippen molar-refractivity contribution in [3.8, 4) is 0 Å². The summed E-state index contributed by atoms with van der Waals surface area (Å²) in [6.07, 6.45) is -6.86. The van der Waals surface area contributed by atoms with E-state index in [9.17, 15) is 24.0 Å². The first kappa shape index (κ1) is 21.4. The van der Waals surface area contributed by atoms with E-state index in [1.165, 1.54) is 0 Å². The predicted molar refractivity (Wildman–Crippen MR) is 81.2 cm³/mol. The van der Waals surface area contributed by atoms with Crippen LogP contribution in [0.25, 0.3) is 0 Å². The molecule has 0 radical (unpaired) electrons. The molecule has 1 amide bonds. The van der Waals surface area contributed by atoms with Gasteiger partial charge in [0, 0.05) is 27.7 Å². The van der Waals surface area contributed by atoms with Gasteiger partial charge in [-0.3, -0.25) is 24.0 Å². The smallest absolute Gasteiger partial charge is 0.303 e. The van der Waals surface area contributed by atoms with E-state index in [4.69, 9.17) is 29.4 Å². The Morgan fingerprint density at radius 2 is 1.23 bits per heavy atom. The van der Waals surface area contributed by atoms with Crippen molar-refractivity contribution in [3.05, 3.63) is 0 Å². The molecule has 11 heteroatoms. The molecule has 0 aromatic rings. The SMILES string of the molecule is CC(=O)OC[C@H]1O[C@@H](C(N)=O)[C@@H](OC(C)=O)[C@@H](OC(C)=O)[C@H]1OC(C)=O. The molecule has 0 bridgehead atoms. The fourth-order valence-corrected chi connectivity index (χ4v) is 2.46. The first-order chi connectivity index (χ1) is 12.0. The minimum atomic E-state index is -1.52.